The van der Waals surface area contributed by atoms with Crippen molar-refractivity contribution in [3.63, 3.8) is 0 Å². The lowest BCUT2D eigenvalue weighted by Crippen LogP contribution is -2.18. The lowest BCUT2D eigenvalue weighted by atomic mass is 10.5. The Labute approximate surface area is 76.3 Å². The first-order valence-electron chi connectivity index (χ1n) is 3.53. The van der Waals surface area contributed by atoms with Crippen molar-refractivity contribution in [1.29, 1.82) is 0 Å². The molecule has 0 fully saturated rings. The van der Waals surface area contributed by atoms with Crippen molar-refractivity contribution in [3.05, 3.63) is 24.5 Å². The number of pyridine rings is 1. The molecular weight excluding hydrogens is 172 g/mol. The van der Waals surface area contributed by atoms with E-state index < -0.39 is 6.09 Å². The molecule has 0 saturated heterocycles. The quantitative estimate of drug-likeness (QED) is 0.631. The molecule has 0 atom stereocenters. The SMILES string of the molecule is CN(C)C(=O)O.Oc1cccnc1. The summed E-state index contributed by atoms with van der Waals surface area (Å²) in [5, 5.41) is 16.5. The van der Waals surface area contributed by atoms with Crippen LogP contribution in [-0.4, -0.2) is 40.3 Å². The molecule has 0 spiro atoms. The number of carbonyl (C=O) groups is 1. The fraction of sp³-hybridized carbons (Fsp3) is 0.250. The van der Waals surface area contributed by atoms with Gasteiger partial charge in [-0.2, -0.15) is 0 Å². The van der Waals surface area contributed by atoms with Gasteiger partial charge in [-0.3, -0.25) is 4.98 Å². The summed E-state index contributed by atoms with van der Waals surface area (Å²) >= 11 is 0. The Morgan fingerprint density at radius 2 is 2.08 bits per heavy atom. The summed E-state index contributed by atoms with van der Waals surface area (Å²) in [5.41, 5.74) is 0. The van der Waals surface area contributed by atoms with Crippen molar-refractivity contribution < 1.29 is 15.0 Å². The number of amides is 1. The fourth-order valence-electron chi connectivity index (χ4n) is 0.354. The minimum absolute atomic E-state index is 0.211. The zero-order valence-electron chi connectivity index (χ0n) is 7.51. The van der Waals surface area contributed by atoms with Gasteiger partial charge in [0, 0.05) is 20.3 Å². The van der Waals surface area contributed by atoms with Crippen LogP contribution < -0.4 is 0 Å². The van der Waals surface area contributed by atoms with E-state index in [1.807, 2.05) is 0 Å². The molecule has 0 aromatic carbocycles. The maximum Gasteiger partial charge on any atom is 0.406 e. The number of aromatic nitrogens is 1. The van der Waals surface area contributed by atoms with E-state index >= 15 is 0 Å². The molecule has 1 heterocycles. The van der Waals surface area contributed by atoms with Crippen LogP contribution in [0.5, 0.6) is 5.75 Å². The van der Waals surface area contributed by atoms with E-state index in [-0.39, 0.29) is 5.75 Å². The van der Waals surface area contributed by atoms with E-state index in [0.29, 0.717) is 0 Å². The second kappa shape index (κ2) is 5.82. The summed E-state index contributed by atoms with van der Waals surface area (Å²) in [5.74, 6) is 0.211. The third-order valence-electron chi connectivity index (χ3n) is 1.03. The first kappa shape index (κ1) is 11.2. The van der Waals surface area contributed by atoms with Gasteiger partial charge in [-0.25, -0.2) is 4.79 Å². The molecular formula is C8H12N2O3. The first-order valence-corrected chi connectivity index (χ1v) is 3.53. The Hall–Kier alpha value is -1.78. The van der Waals surface area contributed by atoms with Crippen LogP contribution in [0.2, 0.25) is 0 Å². The summed E-state index contributed by atoms with van der Waals surface area (Å²) in [6.45, 7) is 0. The van der Waals surface area contributed by atoms with Crippen molar-refractivity contribution >= 4 is 6.09 Å². The molecule has 5 nitrogen and oxygen atoms in total. The van der Waals surface area contributed by atoms with Gasteiger partial charge < -0.3 is 15.1 Å². The maximum absolute atomic E-state index is 9.62. The number of hydrogen-bond donors (Lipinski definition) is 2. The summed E-state index contributed by atoms with van der Waals surface area (Å²) in [7, 11) is 2.95. The molecule has 0 aliphatic carbocycles. The predicted molar refractivity (Wildman–Crippen MR) is 47.6 cm³/mol. The van der Waals surface area contributed by atoms with Crippen molar-refractivity contribution in [2.45, 2.75) is 0 Å². The average Bonchev–Trinajstić information content (AvgIpc) is 2.06. The summed E-state index contributed by atoms with van der Waals surface area (Å²) in [6.07, 6.45) is 2.09. The molecule has 1 aromatic rings. The molecule has 0 saturated carbocycles. The zero-order chi connectivity index (χ0) is 10.3. The van der Waals surface area contributed by atoms with E-state index in [1.54, 1.807) is 18.3 Å². The monoisotopic (exact) mass is 184 g/mol. The van der Waals surface area contributed by atoms with Gasteiger partial charge >= 0.3 is 6.09 Å². The highest BCUT2D eigenvalue weighted by atomic mass is 16.4. The van der Waals surface area contributed by atoms with Crippen molar-refractivity contribution in [2.75, 3.05) is 14.1 Å². The lowest BCUT2D eigenvalue weighted by Gasteiger charge is -1.99. The fourth-order valence-corrected chi connectivity index (χ4v) is 0.354. The highest BCUT2D eigenvalue weighted by Crippen LogP contribution is 1.99. The Morgan fingerprint density at radius 3 is 2.23 bits per heavy atom. The summed E-state index contributed by atoms with van der Waals surface area (Å²) in [4.78, 5) is 14.3. The van der Waals surface area contributed by atoms with Gasteiger partial charge in [-0.1, -0.05) is 0 Å². The number of aromatic hydroxyl groups is 1. The molecule has 2 N–H and O–H groups in total. The topological polar surface area (TPSA) is 73.7 Å². The first-order chi connectivity index (χ1) is 6.04. The van der Waals surface area contributed by atoms with Gasteiger partial charge in [0.05, 0.1) is 6.20 Å². The van der Waals surface area contributed by atoms with Crippen LogP contribution in [0.3, 0.4) is 0 Å². The van der Waals surface area contributed by atoms with Gasteiger partial charge in [0.15, 0.2) is 0 Å². The van der Waals surface area contributed by atoms with Crippen molar-refractivity contribution in [1.82, 2.24) is 9.88 Å². The van der Waals surface area contributed by atoms with Crippen LogP contribution >= 0.6 is 0 Å². The van der Waals surface area contributed by atoms with E-state index in [1.165, 1.54) is 20.3 Å². The van der Waals surface area contributed by atoms with Crippen LogP contribution in [0.1, 0.15) is 0 Å². The molecule has 0 aliphatic rings. The molecule has 1 aromatic heterocycles. The second-order valence-corrected chi connectivity index (χ2v) is 2.39. The van der Waals surface area contributed by atoms with Crippen LogP contribution in [-0.2, 0) is 0 Å². The smallest absolute Gasteiger partial charge is 0.406 e. The van der Waals surface area contributed by atoms with Gasteiger partial charge in [-0.15, -0.1) is 0 Å². The van der Waals surface area contributed by atoms with Gasteiger partial charge in [0.25, 0.3) is 0 Å². The molecule has 0 unspecified atom stereocenters. The number of nitrogens with zero attached hydrogens (tertiary/aromatic N) is 2. The third kappa shape index (κ3) is 6.61. The number of rotatable bonds is 0. The summed E-state index contributed by atoms with van der Waals surface area (Å²) < 4.78 is 0. The Morgan fingerprint density at radius 1 is 1.54 bits per heavy atom. The third-order valence-corrected chi connectivity index (χ3v) is 1.03. The van der Waals surface area contributed by atoms with Crippen molar-refractivity contribution in [3.8, 4) is 5.75 Å². The molecule has 0 aliphatic heterocycles. The average molecular weight is 184 g/mol. The Kier molecular flexibility index (Phi) is 5.02. The maximum atomic E-state index is 9.62. The molecule has 0 radical (unpaired) electrons. The van der Waals surface area contributed by atoms with E-state index in [9.17, 15) is 4.79 Å². The van der Waals surface area contributed by atoms with Crippen LogP contribution in [0.4, 0.5) is 4.79 Å². The van der Waals surface area contributed by atoms with E-state index in [2.05, 4.69) is 4.98 Å². The van der Waals surface area contributed by atoms with Crippen LogP contribution in [0, 0.1) is 0 Å². The number of carboxylic acid groups (broad SMARTS) is 1. The predicted octanol–water partition coefficient (Wildman–Crippen LogP) is 1.01. The molecule has 72 valence electrons. The standard InChI is InChI=1S/C5H5NO.C3H7NO2/c7-5-2-1-3-6-4-5;1-4(2)3(5)6/h1-4,7H;1-2H3,(H,5,6). The second-order valence-electron chi connectivity index (χ2n) is 2.39. The summed E-state index contributed by atoms with van der Waals surface area (Å²) in [6, 6.07) is 3.25. The van der Waals surface area contributed by atoms with Crippen LogP contribution in [0.25, 0.3) is 0 Å². The largest absolute Gasteiger partial charge is 0.506 e. The number of hydrogen-bond acceptors (Lipinski definition) is 3. The molecule has 1 rings (SSSR count). The van der Waals surface area contributed by atoms with E-state index in [4.69, 9.17) is 10.2 Å². The minimum Gasteiger partial charge on any atom is -0.506 e. The Balaban J connectivity index is 0.000000226. The van der Waals surface area contributed by atoms with Gasteiger partial charge in [0.1, 0.15) is 5.75 Å². The Bertz CT molecular complexity index is 249. The van der Waals surface area contributed by atoms with Gasteiger partial charge in [0.2, 0.25) is 0 Å². The van der Waals surface area contributed by atoms with Crippen LogP contribution in [0.15, 0.2) is 24.5 Å². The zero-order valence-corrected chi connectivity index (χ0v) is 7.51. The molecule has 13 heavy (non-hydrogen) atoms. The lowest BCUT2D eigenvalue weighted by molar-refractivity contribution is 0.165. The van der Waals surface area contributed by atoms with Crippen molar-refractivity contribution in [2.24, 2.45) is 0 Å². The highest BCUT2D eigenvalue weighted by Gasteiger charge is 1.91. The molecule has 0 bridgehead atoms. The van der Waals surface area contributed by atoms with E-state index in [0.717, 1.165) is 4.90 Å². The minimum atomic E-state index is -0.907. The molecule has 1 amide bonds. The highest BCUT2D eigenvalue weighted by molar-refractivity contribution is 5.63. The van der Waals surface area contributed by atoms with Gasteiger partial charge in [-0.05, 0) is 12.1 Å². The molecule has 5 heteroatoms. The normalized spacial score (nSPS) is 8.15.